The topological polar surface area (TPSA) is 216 Å². The number of phenols is 1. The van der Waals surface area contributed by atoms with E-state index < -0.39 is 18.1 Å². The number of fused-ring (bicyclic) bond motifs is 2. The minimum Gasteiger partial charge on any atom is -0.507 e. The third-order valence-corrected chi connectivity index (χ3v) is 19.3. The second-order valence-electron chi connectivity index (χ2n) is 23.8. The van der Waals surface area contributed by atoms with Gasteiger partial charge in [0.2, 0.25) is 17.7 Å². The largest absolute Gasteiger partial charge is 0.507 e. The number of para-hydroxylation sites is 1. The quantitative estimate of drug-likeness (QED) is 0.0762. The average molecular weight is 1090 g/mol. The van der Waals surface area contributed by atoms with Crippen molar-refractivity contribution in [3.8, 4) is 33.3 Å². The van der Waals surface area contributed by atoms with Crippen molar-refractivity contribution in [2.24, 2.45) is 17.3 Å². The van der Waals surface area contributed by atoms with E-state index in [1.807, 2.05) is 87.9 Å². The summed E-state index contributed by atoms with van der Waals surface area (Å²) in [6.07, 6.45) is 10.3. The number of β-amino-alcohol motifs (C(OH)–C–C–N with tert-alkyl or cyclic N) is 1. The number of ether oxygens (including phenoxy) is 1. The number of carbonyl (C=O) groups is 2. The molecule has 6 aliphatic rings. The van der Waals surface area contributed by atoms with Gasteiger partial charge in [0.1, 0.15) is 23.8 Å². The van der Waals surface area contributed by atoms with Gasteiger partial charge < -0.3 is 55.0 Å². The lowest BCUT2D eigenvalue weighted by atomic mass is 9.71. The molecule has 79 heavy (non-hydrogen) atoms. The zero-order valence-electron chi connectivity index (χ0n) is 45.8. The van der Waals surface area contributed by atoms with E-state index in [2.05, 4.69) is 62.4 Å². The fourth-order valence-electron chi connectivity index (χ4n) is 13.7. The van der Waals surface area contributed by atoms with Crippen molar-refractivity contribution in [3.63, 3.8) is 0 Å². The molecule has 2 aromatic carbocycles. The van der Waals surface area contributed by atoms with E-state index in [1.165, 1.54) is 12.8 Å². The van der Waals surface area contributed by atoms with Crippen LogP contribution in [0.3, 0.4) is 0 Å². The number of aromatic hydroxyl groups is 1. The Labute approximate surface area is 466 Å². The first-order chi connectivity index (χ1) is 38.2. The average Bonchev–Trinajstić information content (AvgIpc) is 4.40. The number of nitrogens with two attached hydrogens (primary N) is 1. The smallest absolute Gasteiger partial charge is 0.243 e. The highest BCUT2D eigenvalue weighted by molar-refractivity contribution is 7.13. The first kappa shape index (κ1) is 52.8. The van der Waals surface area contributed by atoms with E-state index in [0.29, 0.717) is 52.1 Å². The molecule has 6 atom stereocenters. The van der Waals surface area contributed by atoms with Gasteiger partial charge in [-0.15, -0.1) is 21.5 Å². The van der Waals surface area contributed by atoms with E-state index in [4.69, 9.17) is 15.0 Å². The lowest BCUT2D eigenvalue weighted by Crippen LogP contribution is -2.54. The van der Waals surface area contributed by atoms with Gasteiger partial charge >= 0.3 is 0 Å². The number of hydrogen-bond donors (Lipinski definition) is 4. The molecule has 19 heteroatoms. The Balaban J connectivity index is 0.588. The van der Waals surface area contributed by atoms with E-state index in [-0.39, 0.29) is 48.6 Å². The summed E-state index contributed by atoms with van der Waals surface area (Å²) in [4.78, 5) is 49.8. The number of nitrogen functional groups attached to an aromatic ring is 1. The number of aliphatic hydroxyl groups excluding tert-OH is 1. The number of piperidine rings is 2. The Hall–Kier alpha value is -6.83. The number of nitrogens with zero attached hydrogens (tertiary/aromatic N) is 10. The van der Waals surface area contributed by atoms with E-state index in [0.717, 1.165) is 123 Å². The van der Waals surface area contributed by atoms with Crippen LogP contribution in [0.5, 0.6) is 11.6 Å². The molecule has 2 bridgehead atoms. The maximum atomic E-state index is 14.4. The zero-order chi connectivity index (χ0) is 54.5. The number of benzene rings is 2. The summed E-state index contributed by atoms with van der Waals surface area (Å²) in [7, 11) is 0. The second kappa shape index (κ2) is 22.0. The number of aliphatic hydroxyl groups is 1. The monoisotopic (exact) mass is 1090 g/mol. The van der Waals surface area contributed by atoms with Crippen molar-refractivity contribution in [3.05, 3.63) is 102 Å². The molecule has 6 aromatic rings. The molecule has 5 N–H and O–H groups in total. The number of amides is 2. The van der Waals surface area contributed by atoms with Gasteiger partial charge in [0, 0.05) is 87.4 Å². The van der Waals surface area contributed by atoms with Crippen molar-refractivity contribution in [2.75, 3.05) is 72.8 Å². The Bertz CT molecular complexity index is 3110. The molecular formula is C60H74N12O6S. The summed E-state index contributed by atoms with van der Waals surface area (Å²) >= 11 is 1.60. The van der Waals surface area contributed by atoms with Crippen LogP contribution in [0.2, 0.25) is 0 Å². The summed E-state index contributed by atoms with van der Waals surface area (Å²) in [5.74, 6) is 1.84. The van der Waals surface area contributed by atoms with Crippen molar-refractivity contribution in [2.45, 2.75) is 128 Å². The SMILES string of the molecule is Cc1ncsc1-c1ccc([C@H](C)NC(=O)[C@@H]2C[C@@H](O)CN2C(=O)[C@@H](c2cc(N3CCC4(CCN(CC5CC(Oc6cc(N7C8CC[C@@H]7CN(c7cc(-c9ccccc9O)nnc7N)C8)ccn6)C5)CC4)CC3)no2)C(C)C)cc1. The lowest BCUT2D eigenvalue weighted by Gasteiger charge is -2.48. The van der Waals surface area contributed by atoms with Crippen LogP contribution < -0.4 is 30.5 Å². The Morgan fingerprint density at radius 3 is 2.33 bits per heavy atom. The molecule has 2 amide bonds. The number of carbonyl (C=O) groups excluding carboxylic acids is 2. The van der Waals surface area contributed by atoms with Crippen LogP contribution >= 0.6 is 11.3 Å². The predicted octanol–water partition coefficient (Wildman–Crippen LogP) is 8.22. The molecule has 12 rings (SSSR count). The fraction of sp³-hybridized carbons (Fsp3) is 0.517. The van der Waals surface area contributed by atoms with Gasteiger partial charge in [-0.25, -0.2) is 9.97 Å². The summed E-state index contributed by atoms with van der Waals surface area (Å²) < 4.78 is 12.5. The van der Waals surface area contributed by atoms with Crippen LogP contribution in [0.1, 0.15) is 108 Å². The first-order valence-electron chi connectivity index (χ1n) is 28.6. The molecule has 6 fully saturated rings. The van der Waals surface area contributed by atoms with Gasteiger partial charge in [-0.1, -0.05) is 55.4 Å². The van der Waals surface area contributed by atoms with E-state index >= 15 is 0 Å². The number of hydrogen-bond acceptors (Lipinski definition) is 17. The van der Waals surface area contributed by atoms with Gasteiger partial charge in [0.15, 0.2) is 17.4 Å². The van der Waals surface area contributed by atoms with Crippen molar-refractivity contribution in [1.29, 1.82) is 0 Å². The molecule has 1 aliphatic carbocycles. The predicted molar refractivity (Wildman–Crippen MR) is 305 cm³/mol. The minimum absolute atomic E-state index is 0.0880. The van der Waals surface area contributed by atoms with Crippen LogP contribution in [0.25, 0.3) is 21.7 Å². The highest BCUT2D eigenvalue weighted by Gasteiger charge is 2.46. The lowest BCUT2D eigenvalue weighted by molar-refractivity contribution is -0.141. The molecule has 1 saturated carbocycles. The molecule has 18 nitrogen and oxygen atoms in total. The molecule has 5 aliphatic heterocycles. The second-order valence-corrected chi connectivity index (χ2v) is 24.6. The first-order valence-corrected chi connectivity index (χ1v) is 29.4. The third-order valence-electron chi connectivity index (χ3n) is 18.3. The number of likely N-dealkylation sites (tertiary alicyclic amines) is 2. The number of thiazole rings is 1. The van der Waals surface area contributed by atoms with Gasteiger partial charge in [-0.2, -0.15) is 0 Å². The number of piperazine rings is 1. The maximum absolute atomic E-state index is 14.4. The number of pyridine rings is 1. The summed E-state index contributed by atoms with van der Waals surface area (Å²) in [5, 5.41) is 37.5. The van der Waals surface area contributed by atoms with E-state index in [9.17, 15) is 19.8 Å². The molecule has 1 unspecified atom stereocenters. The summed E-state index contributed by atoms with van der Waals surface area (Å²) in [5.41, 5.74) is 14.8. The van der Waals surface area contributed by atoms with Crippen molar-refractivity contribution < 1.29 is 29.1 Å². The van der Waals surface area contributed by atoms with Crippen LogP contribution in [0, 0.1) is 24.2 Å². The van der Waals surface area contributed by atoms with Gasteiger partial charge in [0.05, 0.1) is 39.6 Å². The van der Waals surface area contributed by atoms with Crippen molar-refractivity contribution >= 4 is 46.2 Å². The third kappa shape index (κ3) is 10.8. The van der Waals surface area contributed by atoms with Crippen LogP contribution in [-0.2, 0) is 9.59 Å². The Morgan fingerprint density at radius 2 is 1.62 bits per heavy atom. The Morgan fingerprint density at radius 1 is 0.886 bits per heavy atom. The fourth-order valence-corrected chi connectivity index (χ4v) is 14.5. The van der Waals surface area contributed by atoms with Gasteiger partial charge in [-0.05, 0) is 131 Å². The Kier molecular flexibility index (Phi) is 14.7. The zero-order valence-corrected chi connectivity index (χ0v) is 46.6. The number of anilines is 4. The van der Waals surface area contributed by atoms with Crippen molar-refractivity contribution in [1.82, 2.24) is 40.4 Å². The number of nitrogens with one attached hydrogen (secondary N) is 1. The summed E-state index contributed by atoms with van der Waals surface area (Å²) in [6, 6.07) is 22.9. The highest BCUT2D eigenvalue weighted by atomic mass is 32.1. The number of phenolic OH excluding ortho intramolecular Hbond substituents is 1. The van der Waals surface area contributed by atoms with Crippen LogP contribution in [0.4, 0.5) is 23.0 Å². The molecule has 416 valence electrons. The minimum atomic E-state index is -0.800. The number of aromatic nitrogens is 5. The van der Waals surface area contributed by atoms with Crippen LogP contribution in [0.15, 0.2) is 89.0 Å². The normalized spacial score (nSPS) is 24.7. The maximum Gasteiger partial charge on any atom is 0.243 e. The molecule has 4 aromatic heterocycles. The van der Waals surface area contributed by atoms with Crippen LogP contribution in [-0.4, -0.2) is 140 Å². The van der Waals surface area contributed by atoms with Gasteiger partial charge in [-0.3, -0.25) is 9.59 Å². The summed E-state index contributed by atoms with van der Waals surface area (Å²) in [6.45, 7) is 14.7. The number of aryl methyl sites for hydroxylation is 1. The number of rotatable bonds is 15. The van der Waals surface area contributed by atoms with E-state index in [1.54, 1.807) is 28.4 Å². The molecule has 0 radical (unpaired) electrons. The highest BCUT2D eigenvalue weighted by Crippen LogP contribution is 2.45. The molecule has 1 spiro atoms. The molecule has 9 heterocycles. The molecule has 5 saturated heterocycles. The standard InChI is InChI=1S/C60H74N12O6S/c1-36(2)55(59(76)71-34-45(73)28-50(71)58(75)64-37(3)40-9-11-41(12-10-40)56-38(4)63-35-79-56)52-30-53(67-78-52)69-23-18-60(19-24-69)16-21-68(22-17-60)31-39-25-46(26-39)77-54-27-42(15-20-62-54)72-43-13-14-44(72)33-70(32-43)49-29-48(65-66-57(49)61)47-7-5-6-8-51(47)74/h5-12,15,20,27,29-30,35-37,39,43-46,50,55,73-74H,13-14,16-19,21-26,28,31-34H2,1-4H3,(H2,61,66)(H,64,75)/t37-,39?,43+,44?,45+,46?,50-,55+/m0/s1. The van der Waals surface area contributed by atoms with Gasteiger partial charge in [0.25, 0.3) is 0 Å². The molecular weight excluding hydrogens is 1020 g/mol.